The lowest BCUT2D eigenvalue weighted by atomic mass is 10.1. The fraction of sp³-hybridized carbons (Fsp3) is 0.440. The number of ether oxygens (including phenoxy) is 1. The van der Waals surface area contributed by atoms with Crippen molar-refractivity contribution in [1.82, 2.24) is 10.2 Å². The molecule has 0 saturated carbocycles. The number of thioether (sulfide) groups is 1. The second kappa shape index (κ2) is 12.4. The average Bonchev–Trinajstić information content (AvgIpc) is 2.78. The van der Waals surface area contributed by atoms with E-state index in [2.05, 4.69) is 36.5 Å². The quantitative estimate of drug-likeness (QED) is 0.507. The molecule has 0 radical (unpaired) electrons. The first kappa shape index (κ1) is 24.8. The number of nitrogens with one attached hydrogen (secondary N) is 1. The van der Waals surface area contributed by atoms with E-state index in [1.165, 1.54) is 5.56 Å². The van der Waals surface area contributed by atoms with E-state index in [9.17, 15) is 9.59 Å². The number of hydrogen-bond acceptors (Lipinski definition) is 4. The van der Waals surface area contributed by atoms with E-state index in [0.717, 1.165) is 22.6 Å². The van der Waals surface area contributed by atoms with Crippen molar-refractivity contribution in [2.24, 2.45) is 0 Å². The fourth-order valence-corrected chi connectivity index (χ4v) is 3.85. The van der Waals surface area contributed by atoms with Gasteiger partial charge >= 0.3 is 0 Å². The maximum absolute atomic E-state index is 13.1. The van der Waals surface area contributed by atoms with Gasteiger partial charge in [0, 0.05) is 29.7 Å². The Morgan fingerprint density at radius 2 is 1.71 bits per heavy atom. The third-order valence-corrected chi connectivity index (χ3v) is 6.30. The van der Waals surface area contributed by atoms with Crippen molar-refractivity contribution < 1.29 is 14.3 Å². The number of benzene rings is 2. The number of nitrogens with zero attached hydrogens (tertiary/aromatic N) is 1. The second-order valence-electron chi connectivity index (χ2n) is 7.78. The minimum absolute atomic E-state index is 0.0257. The van der Waals surface area contributed by atoms with Gasteiger partial charge in [0.1, 0.15) is 11.8 Å². The lowest BCUT2D eigenvalue weighted by Gasteiger charge is -2.29. The fourth-order valence-electron chi connectivity index (χ4n) is 3.01. The first-order valence-electron chi connectivity index (χ1n) is 10.8. The third kappa shape index (κ3) is 7.94. The van der Waals surface area contributed by atoms with Crippen molar-refractivity contribution in [3.8, 4) is 5.75 Å². The molecule has 5 nitrogen and oxygen atoms in total. The predicted molar refractivity (Wildman–Crippen MR) is 127 cm³/mol. The van der Waals surface area contributed by atoms with Crippen LogP contribution in [0.15, 0.2) is 53.4 Å². The monoisotopic (exact) mass is 442 g/mol. The molecule has 0 aliphatic heterocycles. The van der Waals surface area contributed by atoms with E-state index in [4.69, 9.17) is 4.74 Å². The smallest absolute Gasteiger partial charge is 0.242 e. The van der Waals surface area contributed by atoms with Gasteiger partial charge in [-0.25, -0.2) is 0 Å². The molecule has 2 aromatic carbocycles. The average molecular weight is 443 g/mol. The SMILES string of the molecule is CC[C@H](C)NC(=O)[C@@H](C)N(Cc1ccc(OC)cc1)C(=O)CCSc1ccc(C)cc1. The molecule has 0 aliphatic carbocycles. The summed E-state index contributed by atoms with van der Waals surface area (Å²) in [6, 6.07) is 15.4. The molecule has 0 aliphatic rings. The van der Waals surface area contributed by atoms with Crippen molar-refractivity contribution in [2.45, 2.75) is 64.1 Å². The summed E-state index contributed by atoms with van der Waals surface area (Å²) < 4.78 is 5.22. The van der Waals surface area contributed by atoms with Gasteiger partial charge in [-0.1, -0.05) is 36.8 Å². The Morgan fingerprint density at radius 3 is 2.29 bits per heavy atom. The third-order valence-electron chi connectivity index (χ3n) is 5.29. The van der Waals surface area contributed by atoms with E-state index in [-0.39, 0.29) is 17.9 Å². The van der Waals surface area contributed by atoms with Crippen LogP contribution in [0, 0.1) is 6.92 Å². The molecule has 6 heteroatoms. The highest BCUT2D eigenvalue weighted by atomic mass is 32.2. The summed E-state index contributed by atoms with van der Waals surface area (Å²) in [5.74, 6) is 1.28. The number of amides is 2. The summed E-state index contributed by atoms with van der Waals surface area (Å²) in [4.78, 5) is 28.7. The molecule has 0 saturated heterocycles. The van der Waals surface area contributed by atoms with Crippen LogP contribution in [-0.4, -0.2) is 41.7 Å². The van der Waals surface area contributed by atoms with Crippen molar-refractivity contribution >= 4 is 23.6 Å². The zero-order valence-corrected chi connectivity index (χ0v) is 20.0. The van der Waals surface area contributed by atoms with Crippen LogP contribution in [0.25, 0.3) is 0 Å². The van der Waals surface area contributed by atoms with E-state index in [0.29, 0.717) is 18.7 Å². The first-order valence-corrected chi connectivity index (χ1v) is 11.7. The molecule has 0 heterocycles. The van der Waals surface area contributed by atoms with Crippen molar-refractivity contribution in [2.75, 3.05) is 12.9 Å². The summed E-state index contributed by atoms with van der Waals surface area (Å²) in [7, 11) is 1.62. The first-order chi connectivity index (χ1) is 14.8. The van der Waals surface area contributed by atoms with Crippen LogP contribution in [0.1, 0.15) is 44.7 Å². The van der Waals surface area contributed by atoms with Crippen LogP contribution < -0.4 is 10.1 Å². The molecule has 31 heavy (non-hydrogen) atoms. The second-order valence-corrected chi connectivity index (χ2v) is 8.94. The van der Waals surface area contributed by atoms with Gasteiger partial charge in [-0.3, -0.25) is 9.59 Å². The van der Waals surface area contributed by atoms with Crippen LogP contribution in [0.4, 0.5) is 0 Å². The number of carbonyl (C=O) groups is 2. The Balaban J connectivity index is 2.07. The van der Waals surface area contributed by atoms with Crippen LogP contribution in [-0.2, 0) is 16.1 Å². The van der Waals surface area contributed by atoms with Crippen LogP contribution in [0.2, 0.25) is 0 Å². The number of rotatable bonds is 11. The number of carbonyl (C=O) groups excluding carboxylic acids is 2. The molecule has 0 spiro atoms. The van der Waals surface area contributed by atoms with Gasteiger partial charge in [0.2, 0.25) is 11.8 Å². The molecule has 2 rings (SSSR count). The van der Waals surface area contributed by atoms with Crippen molar-refractivity contribution in [3.05, 3.63) is 59.7 Å². The minimum atomic E-state index is -0.548. The van der Waals surface area contributed by atoms with Gasteiger partial charge in [0.05, 0.1) is 7.11 Å². The van der Waals surface area contributed by atoms with Crippen LogP contribution >= 0.6 is 11.8 Å². The highest BCUT2D eigenvalue weighted by molar-refractivity contribution is 7.99. The van der Waals surface area contributed by atoms with Gasteiger partial charge in [0.15, 0.2) is 0 Å². The largest absolute Gasteiger partial charge is 0.497 e. The van der Waals surface area contributed by atoms with Crippen molar-refractivity contribution in [3.63, 3.8) is 0 Å². The summed E-state index contributed by atoms with van der Waals surface area (Å²) in [5, 5.41) is 3.00. The molecule has 1 N–H and O–H groups in total. The summed E-state index contributed by atoms with van der Waals surface area (Å²) in [6.07, 6.45) is 1.22. The standard InChI is InChI=1S/C25H34N2O3S/c1-6-19(3)26-25(29)20(4)27(17-21-9-11-22(30-5)12-10-21)24(28)15-16-31-23-13-7-18(2)8-14-23/h7-14,19-20H,6,15-17H2,1-5H3,(H,26,29)/t19-,20+/m0/s1. The van der Waals surface area contributed by atoms with Crippen LogP contribution in [0.3, 0.4) is 0 Å². The molecular weight excluding hydrogens is 408 g/mol. The Kier molecular flexibility index (Phi) is 9.92. The summed E-state index contributed by atoms with van der Waals surface area (Å²) >= 11 is 1.66. The maximum atomic E-state index is 13.1. The Hall–Kier alpha value is -2.47. The van der Waals surface area contributed by atoms with E-state index >= 15 is 0 Å². The lowest BCUT2D eigenvalue weighted by Crippen LogP contribution is -2.49. The Labute approximate surface area is 190 Å². The topological polar surface area (TPSA) is 58.6 Å². The van der Waals surface area contributed by atoms with Crippen molar-refractivity contribution in [1.29, 1.82) is 0 Å². The summed E-state index contributed by atoms with van der Waals surface area (Å²) in [6.45, 7) is 8.23. The maximum Gasteiger partial charge on any atom is 0.242 e. The minimum Gasteiger partial charge on any atom is -0.497 e. The zero-order chi connectivity index (χ0) is 22.8. The molecule has 2 amide bonds. The number of hydrogen-bond donors (Lipinski definition) is 1. The molecular formula is C25H34N2O3S. The van der Waals surface area contributed by atoms with E-state index < -0.39 is 6.04 Å². The predicted octanol–water partition coefficient (Wildman–Crippen LogP) is 4.82. The normalized spacial score (nSPS) is 12.7. The van der Waals surface area contributed by atoms with Gasteiger partial charge < -0.3 is 15.0 Å². The lowest BCUT2D eigenvalue weighted by molar-refractivity contribution is -0.140. The number of aryl methyl sites for hydroxylation is 1. The highest BCUT2D eigenvalue weighted by Gasteiger charge is 2.26. The van der Waals surface area contributed by atoms with Gasteiger partial charge in [-0.05, 0) is 57.0 Å². The molecule has 0 unspecified atom stereocenters. The summed E-state index contributed by atoms with van der Waals surface area (Å²) in [5.41, 5.74) is 2.18. The highest BCUT2D eigenvalue weighted by Crippen LogP contribution is 2.21. The molecule has 2 atom stereocenters. The van der Waals surface area contributed by atoms with Gasteiger partial charge in [0.25, 0.3) is 0 Å². The van der Waals surface area contributed by atoms with Gasteiger partial charge in [-0.15, -0.1) is 11.8 Å². The molecule has 0 aromatic heterocycles. The Morgan fingerprint density at radius 1 is 1.06 bits per heavy atom. The molecule has 168 valence electrons. The number of methoxy groups -OCH3 is 1. The molecule has 0 fully saturated rings. The van der Waals surface area contributed by atoms with E-state index in [1.54, 1.807) is 30.7 Å². The van der Waals surface area contributed by atoms with Gasteiger partial charge in [-0.2, -0.15) is 0 Å². The Bertz CT molecular complexity index is 837. The molecule has 0 bridgehead atoms. The zero-order valence-electron chi connectivity index (χ0n) is 19.2. The van der Waals surface area contributed by atoms with Crippen LogP contribution in [0.5, 0.6) is 5.75 Å². The van der Waals surface area contributed by atoms with E-state index in [1.807, 2.05) is 38.1 Å². The molecule has 2 aromatic rings.